The van der Waals surface area contributed by atoms with Gasteiger partial charge >= 0.3 is 0 Å². The highest BCUT2D eigenvalue weighted by Gasteiger charge is 2.28. The predicted molar refractivity (Wildman–Crippen MR) is 209 cm³/mol. The van der Waals surface area contributed by atoms with Crippen LogP contribution < -0.4 is 21.1 Å². The van der Waals surface area contributed by atoms with Crippen LogP contribution >= 0.6 is 11.6 Å². The zero-order valence-electron chi connectivity index (χ0n) is 30.8. The molecule has 0 aliphatic carbocycles. The molecule has 3 aromatic rings. The van der Waals surface area contributed by atoms with Gasteiger partial charge < -0.3 is 40.4 Å². The van der Waals surface area contributed by atoms with Gasteiger partial charge in [0.2, 0.25) is 5.91 Å². The molecule has 2 amide bonds. The van der Waals surface area contributed by atoms with Gasteiger partial charge in [0.25, 0.3) is 5.91 Å². The first-order chi connectivity index (χ1) is 25.1. The number of amides is 2. The number of aldehydes is 1. The van der Waals surface area contributed by atoms with E-state index in [-0.39, 0.29) is 35.6 Å². The number of nitrogens with one attached hydrogen (secondary N) is 2. The maximum Gasteiger partial charge on any atom is 0.274 e. The van der Waals surface area contributed by atoms with Crippen LogP contribution in [-0.4, -0.2) is 79.8 Å². The number of ether oxygens (including phenoxy) is 1. The quantitative estimate of drug-likeness (QED) is 0.0582. The molecular weight excluding hydrogens is 684 g/mol. The molecule has 12 nitrogen and oxygen atoms in total. The highest BCUT2D eigenvalue weighted by Crippen LogP contribution is 2.41. The van der Waals surface area contributed by atoms with Gasteiger partial charge in [0.05, 0.1) is 22.7 Å². The Bertz CT molecular complexity index is 1630. The van der Waals surface area contributed by atoms with Gasteiger partial charge in [0, 0.05) is 43.8 Å². The third-order valence-electron chi connectivity index (χ3n) is 7.93. The fourth-order valence-corrected chi connectivity index (χ4v) is 5.43. The summed E-state index contributed by atoms with van der Waals surface area (Å²) in [6, 6.07) is 10.2. The molecule has 0 unspecified atom stereocenters. The lowest BCUT2D eigenvalue weighted by molar-refractivity contribution is -0.126. The predicted octanol–water partition coefficient (Wildman–Crippen LogP) is 6.87. The van der Waals surface area contributed by atoms with Crippen molar-refractivity contribution in [3.63, 3.8) is 0 Å². The van der Waals surface area contributed by atoms with Crippen molar-refractivity contribution in [2.24, 2.45) is 16.6 Å². The van der Waals surface area contributed by atoms with Gasteiger partial charge in [0.1, 0.15) is 24.4 Å². The van der Waals surface area contributed by atoms with Crippen LogP contribution in [0.5, 0.6) is 11.5 Å². The Morgan fingerprint density at radius 3 is 2.38 bits per heavy atom. The molecule has 1 aliphatic rings. The number of aromatic hydroxyl groups is 1. The number of likely N-dealkylation sites (tertiary alicyclic amines) is 1. The van der Waals surface area contributed by atoms with E-state index in [0.29, 0.717) is 46.0 Å². The number of carbonyl (C=O) groups excluding carboxylic acids is 3. The summed E-state index contributed by atoms with van der Waals surface area (Å²) in [4.78, 5) is 39.5. The van der Waals surface area contributed by atoms with E-state index in [9.17, 15) is 19.5 Å². The first kappa shape index (κ1) is 43.2. The fourth-order valence-electron chi connectivity index (χ4n) is 5.19. The molecule has 0 radical (unpaired) electrons. The second-order valence-corrected chi connectivity index (χ2v) is 12.2. The van der Waals surface area contributed by atoms with Gasteiger partial charge in [-0.3, -0.25) is 14.6 Å². The normalized spacial score (nSPS) is 12.6. The summed E-state index contributed by atoms with van der Waals surface area (Å²) >= 11 is 6.37. The van der Waals surface area contributed by atoms with Crippen molar-refractivity contribution in [1.29, 1.82) is 0 Å². The van der Waals surface area contributed by atoms with Crippen LogP contribution in [0, 0.1) is 5.92 Å². The van der Waals surface area contributed by atoms with Gasteiger partial charge in [0.15, 0.2) is 11.5 Å². The Labute approximate surface area is 312 Å². The zero-order chi connectivity index (χ0) is 38.5. The van der Waals surface area contributed by atoms with Gasteiger partial charge in [-0.2, -0.15) is 0 Å². The molecule has 0 spiro atoms. The highest BCUT2D eigenvalue weighted by atomic mass is 35.5. The van der Waals surface area contributed by atoms with E-state index in [1.165, 1.54) is 12.1 Å². The van der Waals surface area contributed by atoms with E-state index in [1.54, 1.807) is 36.5 Å². The van der Waals surface area contributed by atoms with Crippen LogP contribution in [-0.2, 0) is 9.59 Å². The molecule has 2 heterocycles. The number of aromatic nitrogens is 1. The topological polar surface area (TPSA) is 172 Å². The van der Waals surface area contributed by atoms with E-state index < -0.39 is 5.91 Å². The number of carbonyl (C=O) groups is 3. The van der Waals surface area contributed by atoms with Crippen molar-refractivity contribution < 1.29 is 28.8 Å². The van der Waals surface area contributed by atoms with Crippen LogP contribution in [0.25, 0.3) is 28.5 Å². The van der Waals surface area contributed by atoms with Crippen LogP contribution in [0.2, 0.25) is 5.02 Å². The van der Waals surface area contributed by atoms with E-state index in [0.717, 1.165) is 63.7 Å². The Morgan fingerprint density at radius 1 is 1.13 bits per heavy atom. The van der Waals surface area contributed by atoms with Crippen LogP contribution in [0.15, 0.2) is 64.4 Å². The number of nitrogens with two attached hydrogens (primary N) is 1. The molecule has 282 valence electrons. The van der Waals surface area contributed by atoms with Gasteiger partial charge in [-0.05, 0) is 68.9 Å². The number of halogens is 1. The second-order valence-electron chi connectivity index (χ2n) is 11.8. The third kappa shape index (κ3) is 13.3. The number of nitrogens with zero attached hydrogens (tertiary/aromatic N) is 3. The number of aliphatic imine (C=N–C) groups is 1. The van der Waals surface area contributed by atoms with Crippen molar-refractivity contribution in [3.8, 4) is 33.9 Å². The Balaban J connectivity index is 0.000000813. The van der Waals surface area contributed by atoms with E-state index >= 15 is 0 Å². The number of primary amides is 1. The van der Waals surface area contributed by atoms with Crippen molar-refractivity contribution >= 4 is 42.5 Å². The maximum absolute atomic E-state index is 12.8. The van der Waals surface area contributed by atoms with Gasteiger partial charge in [-0.15, -0.1) is 0 Å². The fraction of sp³-hybridized carbons (Fsp3) is 0.410. The minimum Gasteiger partial charge on any atom is -0.507 e. The molecule has 0 atom stereocenters. The van der Waals surface area contributed by atoms with Gasteiger partial charge in [-0.25, -0.2) is 0 Å². The Kier molecular flexibility index (Phi) is 19.5. The number of rotatable bonds is 19. The third-order valence-corrected chi connectivity index (χ3v) is 8.25. The largest absolute Gasteiger partial charge is 0.507 e. The maximum atomic E-state index is 12.8. The number of hydrogen-bond donors (Lipinski definition) is 4. The molecule has 4 rings (SSSR count). The molecule has 1 aromatic heterocycles. The summed E-state index contributed by atoms with van der Waals surface area (Å²) in [5.41, 5.74) is 7.78. The lowest BCUT2D eigenvalue weighted by Gasteiger charge is -2.33. The summed E-state index contributed by atoms with van der Waals surface area (Å²) in [6.45, 7) is 16.2. The summed E-state index contributed by atoms with van der Waals surface area (Å²) in [5.74, 6) is 0.271. The average Bonchev–Trinajstić information content (AvgIpc) is 3.57. The average molecular weight is 737 g/mol. The van der Waals surface area contributed by atoms with Crippen LogP contribution in [0.4, 0.5) is 0 Å². The van der Waals surface area contributed by atoms with Crippen molar-refractivity contribution in [2.45, 2.75) is 59.3 Å². The molecule has 5 N–H and O–H groups in total. The first-order valence-corrected chi connectivity index (χ1v) is 18.0. The first-order valence-electron chi connectivity index (χ1n) is 17.6. The Hall–Kier alpha value is -4.94. The minimum atomic E-state index is -0.408. The zero-order valence-corrected chi connectivity index (χ0v) is 31.5. The summed E-state index contributed by atoms with van der Waals surface area (Å²) in [7, 11) is 1.97. The number of unbranched alkanes of at least 4 members (excludes halogenated alkanes) is 5. The molecule has 0 saturated carbocycles. The molecule has 1 saturated heterocycles. The highest BCUT2D eigenvalue weighted by molar-refractivity contribution is 6.32. The number of hydrogen-bond acceptors (Lipinski definition) is 10. The minimum absolute atomic E-state index is 0.0825. The number of phenolic OH excluding ortho intramolecular Hbond substituents is 1. The van der Waals surface area contributed by atoms with Crippen molar-refractivity contribution in [3.05, 3.63) is 71.2 Å². The van der Waals surface area contributed by atoms with E-state index in [4.69, 9.17) is 26.6 Å². The monoisotopic (exact) mass is 736 g/mol. The summed E-state index contributed by atoms with van der Waals surface area (Å²) in [5, 5.41) is 21.2. The Morgan fingerprint density at radius 2 is 1.81 bits per heavy atom. The standard InChI is InChI=1S/C32H37ClN4O5.C5H10N2O.C2H6/c1-4-22-18-28(39)26(19-27(22)33)31-29(30(37-42-31)32(40)35-5-2)23-12-14-25(15-13-23)41-21-24(20-34-3)36-16-10-8-6-7-9-11-17-38;1-7-2-4(3-7)5(6)8;1-2/h4,12-15,17-20,36,39H,1,3,5-11,16,21H2,2H3,(H,35,40);4H,2-3H2,1H3,(H2,6,8);1-2H3/b24-20-;;. The van der Waals surface area contributed by atoms with Crippen LogP contribution in [0.3, 0.4) is 0 Å². The molecular formula is C39H53ClN6O6. The smallest absolute Gasteiger partial charge is 0.274 e. The lowest BCUT2D eigenvalue weighted by atomic mass is 9.97. The second kappa shape index (κ2) is 23.5. The molecule has 52 heavy (non-hydrogen) atoms. The van der Waals surface area contributed by atoms with Crippen molar-refractivity contribution in [2.75, 3.05) is 39.8 Å². The van der Waals surface area contributed by atoms with Crippen molar-refractivity contribution in [1.82, 2.24) is 20.7 Å². The number of phenols is 1. The molecule has 13 heteroatoms. The van der Waals surface area contributed by atoms with E-state index in [1.807, 2.05) is 27.8 Å². The molecule has 1 aliphatic heterocycles. The SMILES string of the molecule is C=Cc1cc(O)c(-c2onc(C(=O)NCC)c2-c2ccc(OC/C(=C/N=C)NCCCCCCCC=O)cc2)cc1Cl.CC.CN1CC(C(N)=O)C1. The van der Waals surface area contributed by atoms with E-state index in [2.05, 4.69) is 39.0 Å². The number of benzene rings is 2. The molecule has 1 fully saturated rings. The summed E-state index contributed by atoms with van der Waals surface area (Å²) < 4.78 is 11.6. The van der Waals surface area contributed by atoms with Crippen LogP contribution in [0.1, 0.15) is 75.3 Å². The molecule has 0 bridgehead atoms. The summed E-state index contributed by atoms with van der Waals surface area (Å²) in [6.07, 6.45) is 9.95. The van der Waals surface area contributed by atoms with Gasteiger partial charge in [-0.1, -0.05) is 74.7 Å². The lowest BCUT2D eigenvalue weighted by Crippen LogP contribution is -2.50. The molecule has 2 aromatic carbocycles.